The van der Waals surface area contributed by atoms with Gasteiger partial charge in [0.15, 0.2) is 0 Å². The second kappa shape index (κ2) is 4.75. The quantitative estimate of drug-likeness (QED) is 0.534. The van der Waals surface area contributed by atoms with Crippen molar-refractivity contribution in [3.63, 3.8) is 0 Å². The van der Waals surface area contributed by atoms with Gasteiger partial charge in [0, 0.05) is 30.2 Å². The molecule has 0 bridgehead atoms. The number of carbonyl (C=O) groups is 2. The third-order valence-electron chi connectivity index (χ3n) is 6.56. The molecule has 12 heteroatoms. The summed E-state index contributed by atoms with van der Waals surface area (Å²) in [7, 11) is -5.76. The van der Waals surface area contributed by atoms with Gasteiger partial charge in [0.25, 0.3) is 0 Å². The highest BCUT2D eigenvalue weighted by molar-refractivity contribution is 7.90. The Labute approximate surface area is 144 Å². The lowest BCUT2D eigenvalue weighted by molar-refractivity contribution is -0.413. The van der Waals surface area contributed by atoms with Crippen molar-refractivity contribution in [1.29, 1.82) is 0 Å². The van der Waals surface area contributed by atoms with Crippen molar-refractivity contribution in [3.8, 4) is 0 Å². The molecule has 0 radical (unpaired) electrons. The van der Waals surface area contributed by atoms with Crippen molar-refractivity contribution in [2.45, 2.75) is 42.7 Å². The van der Waals surface area contributed by atoms with Crippen molar-refractivity contribution >= 4 is 21.8 Å². The number of esters is 1. The Morgan fingerprint density at radius 1 is 1.19 bits per heavy atom. The molecule has 5 unspecified atom stereocenters. The molecule has 0 aromatic rings. The lowest BCUT2D eigenvalue weighted by Gasteiger charge is -2.87. The summed E-state index contributed by atoms with van der Waals surface area (Å²) in [5.41, 5.74) is -7.18. The zero-order valence-corrected chi connectivity index (χ0v) is 13.9. The normalized spacial score (nSPS) is 40.2. The molecule has 4 fully saturated rings. The van der Waals surface area contributed by atoms with Crippen LogP contribution in [0.3, 0.4) is 0 Å². The van der Waals surface area contributed by atoms with Crippen LogP contribution < -0.4 is 4.72 Å². The van der Waals surface area contributed by atoms with E-state index in [0.717, 1.165) is 4.72 Å². The smallest absolute Gasteiger partial charge is 0.454 e. The van der Waals surface area contributed by atoms with Gasteiger partial charge in [0.2, 0.25) is 0 Å². The Morgan fingerprint density at radius 2 is 1.85 bits per heavy atom. The predicted octanol–water partition coefficient (Wildman–Crippen LogP) is 1.36. The van der Waals surface area contributed by atoms with E-state index in [2.05, 4.69) is 0 Å². The zero-order chi connectivity index (χ0) is 19.3. The minimum atomic E-state index is -5.76. The maximum Gasteiger partial charge on any atom is 0.511 e. The van der Waals surface area contributed by atoms with Crippen molar-refractivity contribution < 1.29 is 44.7 Å². The maximum atomic E-state index is 13.9. The number of hydrogen-bond acceptors (Lipinski definition) is 5. The van der Waals surface area contributed by atoms with Gasteiger partial charge in [0.05, 0.1) is 0 Å². The first kappa shape index (κ1) is 18.1. The summed E-state index contributed by atoms with van der Waals surface area (Å²) < 4.78 is 91.8. The van der Waals surface area contributed by atoms with Gasteiger partial charge in [-0.25, -0.2) is 17.9 Å². The average Bonchev–Trinajstić information content (AvgIpc) is 2.44. The molecular formula is C14H14F5NO5S. The highest BCUT2D eigenvalue weighted by Crippen LogP contribution is 2.88. The van der Waals surface area contributed by atoms with Crippen LogP contribution in [0.1, 0.15) is 25.7 Å². The zero-order valence-electron chi connectivity index (χ0n) is 13.1. The molecule has 4 saturated carbocycles. The van der Waals surface area contributed by atoms with Crippen LogP contribution in [-0.2, 0) is 24.3 Å². The van der Waals surface area contributed by atoms with Gasteiger partial charge in [-0.05, 0) is 25.2 Å². The van der Waals surface area contributed by atoms with Crippen LogP contribution in [0, 0.1) is 23.2 Å². The van der Waals surface area contributed by atoms with E-state index in [1.54, 1.807) is 0 Å². The molecule has 6 nitrogen and oxygen atoms in total. The monoisotopic (exact) mass is 403 g/mol. The molecule has 146 valence electrons. The topological polar surface area (TPSA) is 89.5 Å². The number of halogens is 5. The van der Waals surface area contributed by atoms with Crippen molar-refractivity contribution in [2.24, 2.45) is 23.2 Å². The van der Waals surface area contributed by atoms with E-state index >= 15 is 0 Å². The third-order valence-corrected chi connectivity index (χ3v) is 7.75. The van der Waals surface area contributed by atoms with Crippen molar-refractivity contribution in [2.75, 3.05) is 6.54 Å². The van der Waals surface area contributed by atoms with Crippen LogP contribution in [0.5, 0.6) is 0 Å². The molecule has 0 aromatic carbocycles. The number of sulfonamides is 1. The highest BCUT2D eigenvalue weighted by Gasteiger charge is 2.93. The van der Waals surface area contributed by atoms with Gasteiger partial charge in [0.1, 0.15) is 11.4 Å². The first-order valence-corrected chi connectivity index (χ1v) is 9.48. The molecule has 0 aromatic heterocycles. The Bertz CT molecular complexity index is 801. The van der Waals surface area contributed by atoms with Gasteiger partial charge < -0.3 is 4.74 Å². The van der Waals surface area contributed by atoms with Crippen LogP contribution in [0.2, 0.25) is 0 Å². The summed E-state index contributed by atoms with van der Waals surface area (Å²) in [6.45, 7) is -1.27. The van der Waals surface area contributed by atoms with Gasteiger partial charge in [-0.2, -0.15) is 22.0 Å². The second-order valence-corrected chi connectivity index (χ2v) is 9.22. The van der Waals surface area contributed by atoms with Gasteiger partial charge >= 0.3 is 27.4 Å². The Kier molecular flexibility index (Phi) is 3.30. The lowest BCUT2D eigenvalue weighted by Crippen LogP contribution is -2.93. The Balaban J connectivity index is 1.35. The molecule has 26 heavy (non-hydrogen) atoms. The molecule has 1 spiro atoms. The van der Waals surface area contributed by atoms with Crippen LogP contribution in [0.25, 0.3) is 0 Å². The summed E-state index contributed by atoms with van der Waals surface area (Å²) in [6.07, 6.45) is -0.152. The number of Topliss-reactive ketones (excluding diaryl/α,β-unsaturated/α-hetero) is 1. The van der Waals surface area contributed by atoms with Crippen LogP contribution in [0.15, 0.2) is 0 Å². The Morgan fingerprint density at radius 3 is 2.38 bits per heavy atom. The maximum absolute atomic E-state index is 13.9. The van der Waals surface area contributed by atoms with E-state index < -0.39 is 51.4 Å². The molecule has 0 amide bonds. The summed E-state index contributed by atoms with van der Waals surface area (Å²) in [5.74, 6) is -6.22. The molecule has 4 aliphatic carbocycles. The molecule has 1 N–H and O–H groups in total. The van der Waals surface area contributed by atoms with Gasteiger partial charge in [-0.1, -0.05) is 0 Å². The number of ketones is 1. The van der Waals surface area contributed by atoms with Crippen molar-refractivity contribution in [1.82, 2.24) is 4.72 Å². The van der Waals surface area contributed by atoms with Crippen LogP contribution in [0.4, 0.5) is 22.0 Å². The molecule has 0 aliphatic heterocycles. The number of nitrogens with one attached hydrogen (secondary N) is 1. The average molecular weight is 403 g/mol. The first-order chi connectivity index (χ1) is 11.8. The second-order valence-electron chi connectivity index (χ2n) is 7.46. The summed E-state index contributed by atoms with van der Waals surface area (Å²) in [4.78, 5) is 23.6. The number of ether oxygens (including phenoxy) is 1. The van der Waals surface area contributed by atoms with E-state index in [0.29, 0.717) is 12.8 Å². The number of alkyl halides is 5. The van der Waals surface area contributed by atoms with E-state index in [1.165, 1.54) is 0 Å². The minimum absolute atomic E-state index is 0.0842. The summed E-state index contributed by atoms with van der Waals surface area (Å²) in [6, 6.07) is 0. The van der Waals surface area contributed by atoms with Crippen LogP contribution >= 0.6 is 0 Å². The first-order valence-electron chi connectivity index (χ1n) is 7.99. The van der Waals surface area contributed by atoms with Crippen molar-refractivity contribution in [3.05, 3.63) is 0 Å². The van der Waals surface area contributed by atoms with E-state index in [1.807, 2.05) is 0 Å². The fourth-order valence-corrected chi connectivity index (χ4v) is 5.98. The summed E-state index contributed by atoms with van der Waals surface area (Å²) in [5, 5.41) is 0. The molecule has 4 rings (SSSR count). The van der Waals surface area contributed by atoms with Gasteiger partial charge in [-0.3, -0.25) is 4.79 Å². The number of rotatable bonds is 6. The largest absolute Gasteiger partial charge is 0.511 e. The third kappa shape index (κ3) is 1.87. The molecule has 0 saturated heterocycles. The summed E-state index contributed by atoms with van der Waals surface area (Å²) >= 11 is 0. The number of hydrogen-bond donors (Lipinski definition) is 1. The molecule has 0 heterocycles. The molecular weight excluding hydrogens is 389 g/mol. The number of carbonyl (C=O) groups excluding carboxylic acids is 2. The Hall–Kier alpha value is -1.30. The predicted molar refractivity (Wildman–Crippen MR) is 73.1 cm³/mol. The molecule has 4 aliphatic rings. The lowest BCUT2D eigenvalue weighted by atomic mass is 9.16. The van der Waals surface area contributed by atoms with E-state index in [4.69, 9.17) is 4.74 Å². The van der Waals surface area contributed by atoms with Crippen LogP contribution in [-0.4, -0.2) is 43.7 Å². The standard InChI is InChI=1S/C14H14F5NO5S/c15-12(16,1-2-20-26(23,24)14(17,18)19)10(22)25-11-4-6-3-7-9(21)8(5-11)13(6,7)11/h6-8,20H,1-5H2. The fourth-order valence-electron chi connectivity index (χ4n) is 5.44. The SMILES string of the molecule is O=C1C2CC3CC4(OC(=O)C(F)(F)CCNS(=O)(=O)C(F)(F)F)CC1C324. The van der Waals surface area contributed by atoms with Gasteiger partial charge in [-0.15, -0.1) is 0 Å². The molecule has 5 atom stereocenters. The fraction of sp³-hybridized carbons (Fsp3) is 0.857. The highest BCUT2D eigenvalue weighted by atomic mass is 32.2. The van der Waals surface area contributed by atoms with E-state index in [-0.39, 0.29) is 30.0 Å². The van der Waals surface area contributed by atoms with E-state index in [9.17, 15) is 40.0 Å². The minimum Gasteiger partial charge on any atom is -0.454 e.